The minimum absolute atomic E-state index is 0.0106. The maximum atomic E-state index is 14.1. The normalized spacial score (nSPS) is 13.4. The molecule has 0 spiro atoms. The number of primary amides is 1. The van der Waals surface area contributed by atoms with Crippen LogP contribution in [0.25, 0.3) is 21.5 Å². The summed E-state index contributed by atoms with van der Waals surface area (Å²) in [5.41, 5.74) is 30.4. The van der Waals surface area contributed by atoms with E-state index in [1.165, 1.54) is 29.7 Å². The smallest absolute Gasteiger partial charge is 0.409 e. The average Bonchev–Trinajstić information content (AvgIpc) is 0.931. The fraction of sp³-hybridized carbons (Fsp3) is 0.236. The summed E-state index contributed by atoms with van der Waals surface area (Å²) in [5.74, 6) is 18.2. The molecule has 11 aromatic rings. The second-order valence-electron chi connectivity index (χ2n) is 28.2. The van der Waals surface area contributed by atoms with Crippen molar-refractivity contribution in [3.63, 3.8) is 0 Å². The van der Waals surface area contributed by atoms with Crippen molar-refractivity contribution in [2.45, 2.75) is 72.4 Å². The maximum Gasteiger partial charge on any atom is 0.416 e. The van der Waals surface area contributed by atoms with Gasteiger partial charge in [0, 0.05) is 175 Å². The van der Waals surface area contributed by atoms with Gasteiger partial charge in [0.2, 0.25) is 0 Å². The number of oxime groups is 1. The van der Waals surface area contributed by atoms with Crippen molar-refractivity contribution < 1.29 is 50.7 Å². The van der Waals surface area contributed by atoms with Crippen LogP contribution in [0, 0.1) is 63.2 Å². The number of aryl methyl sites for hydroxylation is 4. The molecule has 0 radical (unpaired) electrons. The van der Waals surface area contributed by atoms with E-state index in [9.17, 15) is 45.5 Å². The summed E-state index contributed by atoms with van der Waals surface area (Å²) in [6.45, 7) is 14.2. The summed E-state index contributed by atoms with van der Waals surface area (Å²) >= 11 is 1.53. The highest BCUT2D eigenvalue weighted by Crippen LogP contribution is 2.37. The molecule has 0 saturated carbocycles. The highest BCUT2D eigenvalue weighted by molar-refractivity contribution is 7.11. The molecule has 592 valence electrons. The van der Waals surface area contributed by atoms with Gasteiger partial charge >= 0.3 is 18.4 Å². The number of ketones is 3. The zero-order valence-corrected chi connectivity index (χ0v) is 65.3. The predicted molar refractivity (Wildman–Crippen MR) is 440 cm³/mol. The molecule has 7 aromatic carbocycles. The first-order valence-corrected chi connectivity index (χ1v) is 37.7. The SMILES string of the molecule is Cc1ccc(C(=O)Cc2ccc(CN3CCN(C)CC3)c(C(F)(F)F)c2)cc1C#Cc1ccc(C(N)=NO)nc1.Cc1ccc(C(=O)Cc2ccc(CN3CCN(C)CC3)c(C(F)(F)F)c2)cc1C#Cc1cnc(N=C(N)N)c2ccccc12.Cc1cnc(CC(=O)c2ccc(C)c(C#Cc3cncc4c(NC(N)=O)cccc34)c2)s1. The zero-order valence-electron chi connectivity index (χ0n) is 64.5. The summed E-state index contributed by atoms with van der Waals surface area (Å²) in [6, 6.07) is 39.8. The number of Topliss-reactive ketones (excluding diaryl/α,β-unsaturated/α-hetero) is 3. The van der Waals surface area contributed by atoms with Crippen LogP contribution in [0.5, 0.6) is 0 Å². The summed E-state index contributed by atoms with van der Waals surface area (Å²) in [7, 11) is 4.00. The lowest BCUT2D eigenvalue weighted by Crippen LogP contribution is -2.44. The van der Waals surface area contributed by atoms with Gasteiger partial charge in [0.15, 0.2) is 35.0 Å². The van der Waals surface area contributed by atoms with E-state index in [0.29, 0.717) is 99.0 Å². The van der Waals surface area contributed by atoms with Gasteiger partial charge in [-0.2, -0.15) is 31.3 Å². The number of carbonyl (C=O) groups excluding carboxylic acids is 4. The van der Waals surface area contributed by atoms with E-state index in [2.05, 4.69) is 80.7 Å². The van der Waals surface area contributed by atoms with Crippen LogP contribution in [-0.4, -0.2) is 146 Å². The molecule has 27 heteroatoms. The summed E-state index contributed by atoms with van der Waals surface area (Å²) in [4.78, 5) is 80.9. The number of piperazine rings is 2. The zero-order chi connectivity index (χ0) is 83.0. The lowest BCUT2D eigenvalue weighted by Gasteiger charge is -2.33. The van der Waals surface area contributed by atoms with Crippen molar-refractivity contribution in [2.75, 3.05) is 71.8 Å². The number of guanidine groups is 1. The number of halogens is 6. The Kier molecular flexibility index (Phi) is 27.4. The Labute approximate surface area is 671 Å². The number of urea groups is 1. The summed E-state index contributed by atoms with van der Waals surface area (Å²) < 4.78 is 84.0. The number of aromatic nitrogens is 4. The minimum Gasteiger partial charge on any atom is -0.409 e. The molecule has 0 unspecified atom stereocenters. The molecule has 13 rings (SSSR count). The molecular weight excluding hydrogens is 1510 g/mol. The van der Waals surface area contributed by atoms with Crippen LogP contribution in [0.1, 0.15) is 130 Å². The number of hydrogen-bond donors (Lipinski definition) is 6. The molecular formula is C89H83F6N15O5S. The van der Waals surface area contributed by atoms with Gasteiger partial charge in [-0.25, -0.2) is 14.8 Å². The number of fused-ring (bicyclic) bond motifs is 2. The Morgan fingerprint density at radius 2 is 0.966 bits per heavy atom. The molecule has 2 aliphatic rings. The lowest BCUT2D eigenvalue weighted by molar-refractivity contribution is -0.139. The number of alkyl halides is 6. The highest BCUT2D eigenvalue weighted by atomic mass is 32.1. The number of benzene rings is 7. The fourth-order valence-corrected chi connectivity index (χ4v) is 13.7. The number of amidine groups is 1. The molecule has 10 N–H and O–H groups in total. The molecule has 6 heterocycles. The van der Waals surface area contributed by atoms with E-state index in [1.807, 2.05) is 106 Å². The number of amides is 2. The third kappa shape index (κ3) is 22.5. The Balaban J connectivity index is 0.000000173. The fourth-order valence-electron chi connectivity index (χ4n) is 13.0. The van der Waals surface area contributed by atoms with Crippen LogP contribution in [0.3, 0.4) is 0 Å². The van der Waals surface area contributed by atoms with Crippen LogP contribution in [0.4, 0.5) is 42.6 Å². The van der Waals surface area contributed by atoms with Crippen LogP contribution < -0.4 is 28.3 Å². The Morgan fingerprint density at radius 3 is 1.43 bits per heavy atom. The summed E-state index contributed by atoms with van der Waals surface area (Å²) in [6.07, 6.45) is -0.884. The third-order valence-corrected chi connectivity index (χ3v) is 20.5. The molecule has 116 heavy (non-hydrogen) atoms. The molecule has 2 aliphatic heterocycles. The van der Waals surface area contributed by atoms with Crippen LogP contribution >= 0.6 is 11.3 Å². The number of thiazole rings is 1. The number of pyridine rings is 3. The monoisotopic (exact) mass is 1590 g/mol. The summed E-state index contributed by atoms with van der Waals surface area (Å²) in [5, 5.41) is 18.2. The van der Waals surface area contributed by atoms with Gasteiger partial charge in [0.05, 0.1) is 34.4 Å². The number of carbonyl (C=O) groups is 4. The highest BCUT2D eigenvalue weighted by Gasteiger charge is 2.36. The molecule has 2 fully saturated rings. The van der Waals surface area contributed by atoms with Crippen molar-refractivity contribution in [2.24, 2.45) is 33.1 Å². The molecule has 0 atom stereocenters. The van der Waals surface area contributed by atoms with E-state index < -0.39 is 29.5 Å². The molecule has 0 bridgehead atoms. The molecule has 2 amide bonds. The van der Waals surface area contributed by atoms with Gasteiger partial charge in [-0.05, 0) is 129 Å². The lowest BCUT2D eigenvalue weighted by atomic mass is 9.96. The third-order valence-electron chi connectivity index (χ3n) is 19.5. The van der Waals surface area contributed by atoms with Crippen LogP contribution in [0.2, 0.25) is 0 Å². The van der Waals surface area contributed by atoms with Gasteiger partial charge in [0.25, 0.3) is 0 Å². The Bertz CT molecular complexity index is 5790. The number of likely N-dealkylation sites (N-methyl/N-ethyl adjacent to an activating group) is 2. The van der Waals surface area contributed by atoms with Gasteiger partial charge in [-0.1, -0.05) is 138 Å². The van der Waals surface area contributed by atoms with Gasteiger partial charge in [-0.3, -0.25) is 34.2 Å². The first-order valence-electron chi connectivity index (χ1n) is 36.8. The van der Waals surface area contributed by atoms with Crippen LogP contribution in [0.15, 0.2) is 187 Å². The largest absolute Gasteiger partial charge is 0.416 e. The molecule has 0 aliphatic carbocycles. The standard InChI is InChI=1S/C34H33F3N6O.C30H30F3N5O2.C25H20N4O2S/c1-22-7-9-25(19-24(22)11-12-26-20-40-32(41-33(38)39)29-6-4-3-5-28(26)29)31(44)18-23-8-10-27(30(17-23)34(35,36)37)21-43-15-13-42(2)14-16-43;1-20-3-7-24(17-23(20)8-4-21-6-10-27(35-18-21)29(34)36-40)28(39)16-22-5-9-25(26(15-22)30(31,32)33)19-38-13-11-37(2)12-14-38;1-15-6-7-18(23(30)11-24-28-12-16(2)32-24)10-17(15)8-9-19-13-27-14-21-20(19)4-3-5-22(21)29-25(26)31/h3-10,17,19-20H,13-16,18,21H2,1-2H3,(H4,38,39,40,41);3,5-7,9-10,15,17-18,40H,11-14,16,19H2,1-2H3,(H2,34,36);3-7,10,12-14H,11H2,1-2H3,(H3,26,29,31). The second kappa shape index (κ2) is 37.8. The van der Waals surface area contributed by atoms with Crippen molar-refractivity contribution in [1.82, 2.24) is 39.5 Å². The Hall–Kier alpha value is -12.9. The van der Waals surface area contributed by atoms with E-state index in [4.69, 9.17) is 28.1 Å². The van der Waals surface area contributed by atoms with Crippen molar-refractivity contribution in [3.05, 3.63) is 292 Å². The van der Waals surface area contributed by atoms with Gasteiger partial charge < -0.3 is 43.3 Å². The topological polar surface area (TPSA) is 294 Å². The van der Waals surface area contributed by atoms with Gasteiger partial charge in [0.1, 0.15) is 10.7 Å². The van der Waals surface area contributed by atoms with Gasteiger partial charge in [-0.15, -0.1) is 11.3 Å². The van der Waals surface area contributed by atoms with E-state index >= 15 is 0 Å². The number of nitrogens with two attached hydrogens (primary N) is 4. The molecule has 2 saturated heterocycles. The second-order valence-corrected chi connectivity index (χ2v) is 29.5. The number of nitrogens with one attached hydrogen (secondary N) is 1. The first-order chi connectivity index (χ1) is 55.4. The van der Waals surface area contributed by atoms with Crippen molar-refractivity contribution in [3.8, 4) is 35.5 Å². The van der Waals surface area contributed by atoms with Crippen molar-refractivity contribution in [1.29, 1.82) is 0 Å². The quantitative estimate of drug-likeness (QED) is 0.00996. The average molecular weight is 1590 g/mol. The number of anilines is 1. The predicted octanol–water partition coefficient (Wildman–Crippen LogP) is 13.7. The molecule has 4 aromatic heterocycles. The molecule has 20 nitrogen and oxygen atoms in total. The van der Waals surface area contributed by atoms with Crippen molar-refractivity contribution >= 4 is 79.6 Å². The number of hydrogen-bond acceptors (Lipinski definition) is 16. The van der Waals surface area contributed by atoms with Crippen LogP contribution in [-0.2, 0) is 44.7 Å². The first kappa shape index (κ1) is 84.0. The Morgan fingerprint density at radius 1 is 0.491 bits per heavy atom. The minimum atomic E-state index is -4.52. The number of aliphatic imine (C=N–C) groups is 1. The van der Waals surface area contributed by atoms with E-state index in [-0.39, 0.29) is 72.6 Å². The van der Waals surface area contributed by atoms with E-state index in [0.717, 1.165) is 92.0 Å². The number of rotatable bonds is 16. The number of nitrogens with zero attached hydrogens (tertiary/aromatic N) is 10. The van der Waals surface area contributed by atoms with E-state index in [1.54, 1.807) is 91.5 Å². The maximum absolute atomic E-state index is 14.1.